The number of imidazole rings is 1. The molecule has 0 bridgehead atoms. The molecule has 5 rings (SSSR count). The highest BCUT2D eigenvalue weighted by molar-refractivity contribution is 6.33. The van der Waals surface area contributed by atoms with Crippen molar-refractivity contribution in [2.75, 3.05) is 56.5 Å². The summed E-state index contributed by atoms with van der Waals surface area (Å²) in [4.78, 5) is 25.5. The van der Waals surface area contributed by atoms with Crippen LogP contribution in [-0.4, -0.2) is 81.2 Å². The molecule has 1 amide bonds. The molecule has 1 aliphatic heterocycles. The number of fused-ring (bicyclic) bond motifs is 1. The van der Waals surface area contributed by atoms with Crippen LogP contribution in [0, 0.1) is 0 Å². The Kier molecular flexibility index (Phi) is 8.82. The van der Waals surface area contributed by atoms with E-state index in [1.54, 1.807) is 41.9 Å². The molecule has 0 unspecified atom stereocenters. The van der Waals surface area contributed by atoms with E-state index in [4.69, 9.17) is 21.4 Å². The number of hydrogen-bond donors (Lipinski definition) is 3. The van der Waals surface area contributed by atoms with Crippen molar-refractivity contribution in [1.82, 2.24) is 24.3 Å². The van der Waals surface area contributed by atoms with E-state index < -0.39 is 11.7 Å². The number of pyridine rings is 1. The number of β-amino-alcohol motifs (C(OH)–C–C–N with tert-alkyl or cyclic N) is 1. The molecule has 222 valence electrons. The van der Waals surface area contributed by atoms with E-state index in [9.17, 15) is 18.0 Å². The molecule has 2 aromatic heterocycles. The smallest absolute Gasteiger partial charge is 0.416 e. The molecule has 42 heavy (non-hydrogen) atoms. The molecule has 1 fully saturated rings. The van der Waals surface area contributed by atoms with Gasteiger partial charge in [0.15, 0.2) is 0 Å². The SMILES string of the molecule is Cn1c(Nc2cc(C(F)(F)F)ccc2Cl)nc2cc(Oc3ccnc(NC(=O)CN4CCN(CCO)CC4)c3)ccc21. The quantitative estimate of drug-likeness (QED) is 0.252. The average Bonchev–Trinajstić information content (AvgIpc) is 3.24. The van der Waals surface area contributed by atoms with Crippen LogP contribution in [0.2, 0.25) is 5.02 Å². The first-order chi connectivity index (χ1) is 20.1. The summed E-state index contributed by atoms with van der Waals surface area (Å²) in [6.07, 6.45) is -2.98. The third-order valence-corrected chi connectivity index (χ3v) is 7.20. The topological polar surface area (TPSA) is 108 Å². The number of halogens is 4. The van der Waals surface area contributed by atoms with Crippen molar-refractivity contribution in [3.63, 3.8) is 0 Å². The van der Waals surface area contributed by atoms with Crippen molar-refractivity contribution in [3.05, 3.63) is 65.3 Å². The number of benzene rings is 2. The van der Waals surface area contributed by atoms with Gasteiger partial charge in [0.05, 0.1) is 40.5 Å². The first kappa shape index (κ1) is 29.6. The number of aliphatic hydroxyl groups excluding tert-OH is 1. The van der Waals surface area contributed by atoms with E-state index in [2.05, 4.69) is 30.4 Å². The molecule has 4 aromatic rings. The molecule has 3 heterocycles. The summed E-state index contributed by atoms with van der Waals surface area (Å²) >= 11 is 6.14. The van der Waals surface area contributed by atoms with Crippen molar-refractivity contribution in [2.45, 2.75) is 6.18 Å². The van der Waals surface area contributed by atoms with Crippen molar-refractivity contribution in [2.24, 2.45) is 7.05 Å². The van der Waals surface area contributed by atoms with Crippen LogP contribution in [0.4, 0.5) is 30.6 Å². The molecular weight excluding hydrogens is 575 g/mol. The van der Waals surface area contributed by atoms with Gasteiger partial charge in [0.2, 0.25) is 11.9 Å². The predicted octanol–water partition coefficient (Wildman–Crippen LogP) is 4.72. The summed E-state index contributed by atoms with van der Waals surface area (Å²) < 4.78 is 47.2. The molecule has 0 saturated carbocycles. The lowest BCUT2D eigenvalue weighted by molar-refractivity contribution is -0.137. The van der Waals surface area contributed by atoms with Gasteiger partial charge in [-0.1, -0.05) is 11.6 Å². The number of nitrogens with one attached hydrogen (secondary N) is 2. The fourth-order valence-electron chi connectivity index (χ4n) is 4.65. The van der Waals surface area contributed by atoms with Gasteiger partial charge in [0.25, 0.3) is 0 Å². The van der Waals surface area contributed by atoms with E-state index in [-0.39, 0.29) is 29.8 Å². The number of carbonyl (C=O) groups is 1. The lowest BCUT2D eigenvalue weighted by Crippen LogP contribution is -2.49. The van der Waals surface area contributed by atoms with Crippen LogP contribution in [0.1, 0.15) is 5.56 Å². The number of rotatable bonds is 9. The van der Waals surface area contributed by atoms with Crippen molar-refractivity contribution in [3.8, 4) is 11.5 Å². The minimum absolute atomic E-state index is 0.0803. The van der Waals surface area contributed by atoms with Gasteiger partial charge in [-0.25, -0.2) is 9.97 Å². The summed E-state index contributed by atoms with van der Waals surface area (Å²) in [5, 5.41) is 14.9. The zero-order valence-electron chi connectivity index (χ0n) is 22.7. The highest BCUT2D eigenvalue weighted by atomic mass is 35.5. The number of hydrogen-bond acceptors (Lipinski definition) is 8. The van der Waals surface area contributed by atoms with Gasteiger partial charge in [-0.2, -0.15) is 13.2 Å². The Morgan fingerprint density at radius 1 is 1.05 bits per heavy atom. The van der Waals surface area contributed by atoms with E-state index in [1.165, 1.54) is 12.3 Å². The Morgan fingerprint density at radius 2 is 1.79 bits per heavy atom. The Hall–Kier alpha value is -3.91. The van der Waals surface area contributed by atoms with Gasteiger partial charge in [-0.3, -0.25) is 14.6 Å². The second-order valence-corrected chi connectivity index (χ2v) is 10.2. The molecule has 2 aromatic carbocycles. The summed E-state index contributed by atoms with van der Waals surface area (Å²) in [5.41, 5.74) is 0.514. The number of nitrogens with zero attached hydrogens (tertiary/aromatic N) is 5. The van der Waals surface area contributed by atoms with E-state index in [0.29, 0.717) is 40.8 Å². The standard InChI is InChI=1S/C28H29ClF3N7O3/c1-37-24-5-3-19(15-23(24)35-27(37)34-22-14-18(28(30,31)32)2-4-21(22)29)42-20-6-7-33-25(16-20)36-26(41)17-39-10-8-38(9-11-39)12-13-40/h2-7,14-16,40H,8-13,17H2,1H3,(H,34,35)(H,33,36,41). The monoisotopic (exact) mass is 603 g/mol. The lowest BCUT2D eigenvalue weighted by atomic mass is 10.2. The van der Waals surface area contributed by atoms with Crippen LogP contribution in [0.15, 0.2) is 54.7 Å². The number of amides is 1. The number of alkyl halides is 3. The molecule has 1 aliphatic rings. The molecular formula is C28H29ClF3N7O3. The molecule has 0 radical (unpaired) electrons. The minimum Gasteiger partial charge on any atom is -0.457 e. The number of carbonyl (C=O) groups excluding carboxylic acids is 1. The molecule has 14 heteroatoms. The van der Waals surface area contributed by atoms with Crippen molar-refractivity contribution >= 4 is 46.0 Å². The molecule has 0 atom stereocenters. The van der Waals surface area contributed by atoms with Gasteiger partial charge in [-0.15, -0.1) is 0 Å². The maximum absolute atomic E-state index is 13.2. The van der Waals surface area contributed by atoms with Crippen LogP contribution in [0.25, 0.3) is 11.0 Å². The fourth-order valence-corrected chi connectivity index (χ4v) is 4.81. The van der Waals surface area contributed by atoms with E-state index >= 15 is 0 Å². The molecule has 0 spiro atoms. The Morgan fingerprint density at radius 3 is 2.52 bits per heavy atom. The normalized spacial score (nSPS) is 14.7. The van der Waals surface area contributed by atoms with Gasteiger partial charge in [-0.05, 0) is 36.4 Å². The summed E-state index contributed by atoms with van der Waals surface area (Å²) in [7, 11) is 1.73. The largest absolute Gasteiger partial charge is 0.457 e. The van der Waals surface area contributed by atoms with Crippen LogP contribution >= 0.6 is 11.6 Å². The minimum atomic E-state index is -4.51. The molecule has 1 saturated heterocycles. The summed E-state index contributed by atoms with van der Waals surface area (Å²) in [6.45, 7) is 4.07. The number of aromatic nitrogens is 3. The highest BCUT2D eigenvalue weighted by Crippen LogP contribution is 2.35. The van der Waals surface area contributed by atoms with Crippen LogP contribution in [-0.2, 0) is 18.0 Å². The van der Waals surface area contributed by atoms with E-state index in [1.807, 2.05) is 0 Å². The molecule has 10 nitrogen and oxygen atoms in total. The lowest BCUT2D eigenvalue weighted by Gasteiger charge is -2.33. The maximum atomic E-state index is 13.2. The first-order valence-electron chi connectivity index (χ1n) is 13.2. The van der Waals surface area contributed by atoms with Crippen LogP contribution in [0.5, 0.6) is 11.5 Å². The molecule has 3 N–H and O–H groups in total. The van der Waals surface area contributed by atoms with Crippen LogP contribution in [0.3, 0.4) is 0 Å². The van der Waals surface area contributed by atoms with Gasteiger partial charge < -0.3 is 25.0 Å². The Labute approximate surface area is 244 Å². The Balaban J connectivity index is 1.24. The number of ether oxygens (including phenoxy) is 1. The number of aliphatic hydroxyl groups is 1. The maximum Gasteiger partial charge on any atom is 0.416 e. The summed E-state index contributed by atoms with van der Waals surface area (Å²) in [5.74, 6) is 1.37. The van der Waals surface area contributed by atoms with Crippen molar-refractivity contribution < 1.29 is 27.8 Å². The van der Waals surface area contributed by atoms with Crippen molar-refractivity contribution in [1.29, 1.82) is 0 Å². The van der Waals surface area contributed by atoms with Crippen LogP contribution < -0.4 is 15.4 Å². The number of aryl methyl sites for hydroxylation is 1. The highest BCUT2D eigenvalue weighted by Gasteiger charge is 2.31. The fraction of sp³-hybridized carbons (Fsp3) is 0.321. The van der Waals surface area contributed by atoms with Gasteiger partial charge in [0.1, 0.15) is 17.3 Å². The molecule has 0 aliphatic carbocycles. The summed E-state index contributed by atoms with van der Waals surface area (Å²) in [6, 6.07) is 11.5. The second-order valence-electron chi connectivity index (χ2n) is 9.83. The first-order valence-corrected chi connectivity index (χ1v) is 13.6. The number of anilines is 3. The second kappa shape index (κ2) is 12.5. The third kappa shape index (κ3) is 7.10. The number of piperazine rings is 1. The third-order valence-electron chi connectivity index (χ3n) is 6.88. The zero-order chi connectivity index (χ0) is 29.9. The van der Waals surface area contributed by atoms with E-state index in [0.717, 1.165) is 38.3 Å². The van der Waals surface area contributed by atoms with Gasteiger partial charge >= 0.3 is 6.18 Å². The predicted molar refractivity (Wildman–Crippen MR) is 153 cm³/mol. The Bertz CT molecular complexity index is 1570. The average molecular weight is 604 g/mol. The zero-order valence-corrected chi connectivity index (χ0v) is 23.4. The van der Waals surface area contributed by atoms with Gasteiger partial charge in [0, 0.05) is 58.1 Å².